The van der Waals surface area contributed by atoms with Crippen molar-refractivity contribution in [3.8, 4) is 5.75 Å². The molecule has 1 saturated heterocycles. The Morgan fingerprint density at radius 1 is 1.04 bits per heavy atom. The van der Waals surface area contributed by atoms with Gasteiger partial charge in [-0.15, -0.1) is 0 Å². The summed E-state index contributed by atoms with van der Waals surface area (Å²) in [6.45, 7) is 0.577. The van der Waals surface area contributed by atoms with Crippen molar-refractivity contribution in [3.63, 3.8) is 0 Å². The molecule has 3 rings (SSSR count). The summed E-state index contributed by atoms with van der Waals surface area (Å²) in [4.78, 5) is 24.6. The van der Waals surface area contributed by atoms with Crippen molar-refractivity contribution in [2.45, 2.75) is 0 Å². The van der Waals surface area contributed by atoms with E-state index in [0.717, 1.165) is 16.6 Å². The van der Waals surface area contributed by atoms with Gasteiger partial charge in [0, 0.05) is 5.33 Å². The lowest BCUT2D eigenvalue weighted by Gasteiger charge is -2.13. The number of amides is 2. The summed E-state index contributed by atoms with van der Waals surface area (Å²) in [5.74, 6) is -0.0426. The maximum Gasteiger partial charge on any atom is 0.282 e. The van der Waals surface area contributed by atoms with Crippen LogP contribution in [0.25, 0.3) is 6.08 Å². The summed E-state index contributed by atoms with van der Waals surface area (Å²) >= 11 is 3.30. The highest BCUT2D eigenvalue weighted by atomic mass is 79.9. The Morgan fingerprint density at radius 2 is 1.75 bits per heavy atom. The molecule has 1 fully saturated rings. The molecular formula is C18H15BrN2O3. The number of alkyl halides is 1. The Bertz CT molecular complexity index is 773. The van der Waals surface area contributed by atoms with Crippen LogP contribution in [0.15, 0.2) is 60.2 Å². The molecule has 1 heterocycles. The molecule has 2 aromatic carbocycles. The number of halogens is 1. The van der Waals surface area contributed by atoms with E-state index in [9.17, 15) is 9.59 Å². The third-order valence-electron chi connectivity index (χ3n) is 3.44. The average Bonchev–Trinajstić information content (AvgIpc) is 2.90. The van der Waals surface area contributed by atoms with Gasteiger partial charge in [0.1, 0.15) is 11.3 Å². The zero-order chi connectivity index (χ0) is 16.9. The standard InChI is InChI=1S/C18H15BrN2O3/c19-10-11-24-15-8-6-13(7-9-15)12-16-17(22)20-21(18(16)23)14-4-2-1-3-5-14/h1-9,12H,10-11H2,(H,20,22)/b16-12-. The van der Waals surface area contributed by atoms with Gasteiger partial charge in [-0.05, 0) is 35.9 Å². The van der Waals surface area contributed by atoms with E-state index in [4.69, 9.17) is 4.74 Å². The zero-order valence-corrected chi connectivity index (χ0v) is 14.3. The summed E-state index contributed by atoms with van der Waals surface area (Å²) < 4.78 is 5.48. The highest BCUT2D eigenvalue weighted by Gasteiger charge is 2.34. The SMILES string of the molecule is O=C1NN(c2ccccc2)C(=O)/C1=C\c1ccc(OCCBr)cc1. The van der Waals surface area contributed by atoms with Crippen LogP contribution in [0.2, 0.25) is 0 Å². The van der Waals surface area contributed by atoms with Gasteiger partial charge in [-0.25, -0.2) is 5.01 Å². The summed E-state index contributed by atoms with van der Waals surface area (Å²) in [5, 5.41) is 2.00. The van der Waals surface area contributed by atoms with E-state index < -0.39 is 5.91 Å². The Kier molecular flexibility index (Phi) is 4.96. The maximum absolute atomic E-state index is 12.5. The second-order valence-corrected chi connectivity index (χ2v) is 5.87. The molecule has 0 spiro atoms. The quantitative estimate of drug-likeness (QED) is 0.488. The highest BCUT2D eigenvalue weighted by molar-refractivity contribution is 9.09. The van der Waals surface area contributed by atoms with Crippen LogP contribution in [0.4, 0.5) is 5.69 Å². The molecule has 2 aromatic rings. The smallest absolute Gasteiger partial charge is 0.282 e. The van der Waals surface area contributed by atoms with Crippen LogP contribution >= 0.6 is 15.9 Å². The predicted molar refractivity (Wildman–Crippen MR) is 95.8 cm³/mol. The van der Waals surface area contributed by atoms with E-state index in [1.807, 2.05) is 30.3 Å². The van der Waals surface area contributed by atoms with Gasteiger partial charge in [0.15, 0.2) is 0 Å². The number of nitrogens with one attached hydrogen (secondary N) is 1. The number of hydrogen-bond donors (Lipinski definition) is 1. The number of rotatable bonds is 5. The van der Waals surface area contributed by atoms with Crippen molar-refractivity contribution < 1.29 is 14.3 Å². The Hall–Kier alpha value is -2.60. The molecule has 0 aromatic heterocycles. The molecule has 24 heavy (non-hydrogen) atoms. The molecule has 1 aliphatic rings. The van der Waals surface area contributed by atoms with E-state index in [-0.39, 0.29) is 11.5 Å². The topological polar surface area (TPSA) is 58.6 Å². The first-order valence-corrected chi connectivity index (χ1v) is 8.52. The van der Waals surface area contributed by atoms with E-state index in [2.05, 4.69) is 21.4 Å². The lowest BCUT2D eigenvalue weighted by molar-refractivity contribution is -0.117. The predicted octanol–water partition coefficient (Wildman–Crippen LogP) is 2.92. The molecule has 0 atom stereocenters. The van der Waals surface area contributed by atoms with E-state index >= 15 is 0 Å². The minimum absolute atomic E-state index is 0.105. The first kappa shape index (κ1) is 16.3. The highest BCUT2D eigenvalue weighted by Crippen LogP contribution is 2.22. The number of hydrogen-bond acceptors (Lipinski definition) is 3. The van der Waals surface area contributed by atoms with Gasteiger partial charge >= 0.3 is 0 Å². The van der Waals surface area contributed by atoms with E-state index in [1.54, 1.807) is 30.3 Å². The number of benzene rings is 2. The van der Waals surface area contributed by atoms with Crippen LogP contribution < -0.4 is 15.2 Å². The van der Waals surface area contributed by atoms with Crippen LogP contribution in [0.1, 0.15) is 5.56 Å². The second-order valence-electron chi connectivity index (χ2n) is 5.08. The summed E-state index contributed by atoms with van der Waals surface area (Å²) in [7, 11) is 0. The number of carbonyl (C=O) groups excluding carboxylic acids is 2. The molecule has 1 aliphatic heterocycles. The van der Waals surface area contributed by atoms with Crippen molar-refractivity contribution in [1.29, 1.82) is 0 Å². The molecule has 122 valence electrons. The zero-order valence-electron chi connectivity index (χ0n) is 12.7. The molecule has 2 amide bonds. The van der Waals surface area contributed by atoms with Gasteiger partial charge in [-0.2, -0.15) is 0 Å². The van der Waals surface area contributed by atoms with Gasteiger partial charge in [0.25, 0.3) is 11.8 Å². The fourth-order valence-electron chi connectivity index (χ4n) is 2.30. The number of para-hydroxylation sites is 1. The van der Waals surface area contributed by atoms with Crippen LogP contribution in [0.5, 0.6) is 5.75 Å². The maximum atomic E-state index is 12.5. The van der Waals surface area contributed by atoms with Crippen LogP contribution in [0, 0.1) is 0 Å². The normalized spacial score (nSPS) is 15.7. The fourth-order valence-corrected chi connectivity index (χ4v) is 2.46. The summed E-state index contributed by atoms with van der Waals surface area (Å²) in [6.07, 6.45) is 1.58. The fraction of sp³-hybridized carbons (Fsp3) is 0.111. The lowest BCUT2D eigenvalue weighted by atomic mass is 10.1. The monoisotopic (exact) mass is 386 g/mol. The minimum atomic E-state index is -0.413. The third kappa shape index (κ3) is 3.49. The van der Waals surface area contributed by atoms with Crippen molar-refractivity contribution in [1.82, 2.24) is 5.43 Å². The molecule has 6 heteroatoms. The van der Waals surface area contributed by atoms with Gasteiger partial charge in [0.2, 0.25) is 0 Å². The third-order valence-corrected chi connectivity index (χ3v) is 3.77. The van der Waals surface area contributed by atoms with Gasteiger partial charge in [-0.3, -0.25) is 15.0 Å². The van der Waals surface area contributed by atoms with Gasteiger partial charge in [-0.1, -0.05) is 46.3 Å². The van der Waals surface area contributed by atoms with Crippen molar-refractivity contribution in [3.05, 3.63) is 65.7 Å². The molecule has 0 radical (unpaired) electrons. The van der Waals surface area contributed by atoms with E-state index in [1.165, 1.54) is 5.01 Å². The molecule has 0 bridgehead atoms. The molecule has 0 saturated carbocycles. The Labute approximate surface area is 148 Å². The molecule has 0 unspecified atom stereocenters. The Morgan fingerprint density at radius 3 is 2.42 bits per heavy atom. The number of anilines is 1. The first-order valence-electron chi connectivity index (χ1n) is 7.40. The van der Waals surface area contributed by atoms with E-state index in [0.29, 0.717) is 12.3 Å². The average molecular weight is 387 g/mol. The Balaban J connectivity index is 1.80. The summed E-state index contributed by atoms with van der Waals surface area (Å²) in [5.41, 5.74) is 4.06. The first-order chi connectivity index (χ1) is 11.7. The number of carbonyl (C=O) groups is 2. The summed E-state index contributed by atoms with van der Waals surface area (Å²) in [6, 6.07) is 16.2. The van der Waals surface area contributed by atoms with Gasteiger partial charge < -0.3 is 4.74 Å². The van der Waals surface area contributed by atoms with Crippen LogP contribution in [0.3, 0.4) is 0 Å². The van der Waals surface area contributed by atoms with Crippen LogP contribution in [-0.2, 0) is 9.59 Å². The lowest BCUT2D eigenvalue weighted by Crippen LogP contribution is -2.35. The van der Waals surface area contributed by atoms with Crippen LogP contribution in [-0.4, -0.2) is 23.8 Å². The van der Waals surface area contributed by atoms with Gasteiger partial charge in [0.05, 0.1) is 12.3 Å². The molecule has 1 N–H and O–H groups in total. The number of ether oxygens (including phenoxy) is 1. The largest absolute Gasteiger partial charge is 0.493 e. The number of hydrazine groups is 1. The number of nitrogens with zero attached hydrogens (tertiary/aromatic N) is 1. The molecular weight excluding hydrogens is 372 g/mol. The minimum Gasteiger partial charge on any atom is -0.493 e. The van der Waals surface area contributed by atoms with Crippen molar-refractivity contribution in [2.75, 3.05) is 16.9 Å². The molecule has 5 nitrogen and oxygen atoms in total. The van der Waals surface area contributed by atoms with Crippen molar-refractivity contribution >= 4 is 39.5 Å². The second kappa shape index (κ2) is 7.31. The molecule has 0 aliphatic carbocycles. The van der Waals surface area contributed by atoms with Crippen molar-refractivity contribution in [2.24, 2.45) is 0 Å².